The maximum absolute atomic E-state index is 9.37. The fourth-order valence-electron chi connectivity index (χ4n) is 2.46. The summed E-state index contributed by atoms with van der Waals surface area (Å²) in [5, 5.41) is 18.6. The molecule has 2 heteroatoms. The van der Waals surface area contributed by atoms with Crippen LogP contribution in [0.15, 0.2) is 0 Å². The van der Waals surface area contributed by atoms with Gasteiger partial charge in [0, 0.05) is 0 Å². The van der Waals surface area contributed by atoms with Crippen LogP contribution in [0.25, 0.3) is 0 Å². The van der Waals surface area contributed by atoms with Gasteiger partial charge in [0.2, 0.25) is 0 Å². The number of hydrogen-bond donors (Lipinski definition) is 1. The molecule has 0 aromatic heterocycles. The number of rotatable bonds is 2. The number of nitriles is 1. The molecular formula is C11H19NO. The van der Waals surface area contributed by atoms with Gasteiger partial charge in [0.15, 0.2) is 0 Å². The van der Waals surface area contributed by atoms with Crippen LogP contribution >= 0.6 is 0 Å². The lowest BCUT2D eigenvalue weighted by Gasteiger charge is -2.37. The third-order valence-electron chi connectivity index (χ3n) is 3.34. The molecule has 0 radical (unpaired) electrons. The zero-order valence-corrected chi connectivity index (χ0v) is 8.58. The van der Waals surface area contributed by atoms with Crippen molar-refractivity contribution < 1.29 is 5.11 Å². The first-order chi connectivity index (χ1) is 6.10. The van der Waals surface area contributed by atoms with E-state index in [-0.39, 0.29) is 11.5 Å². The second-order valence-electron chi connectivity index (χ2n) is 4.47. The first-order valence-electron chi connectivity index (χ1n) is 5.20. The molecule has 74 valence electrons. The summed E-state index contributed by atoms with van der Waals surface area (Å²) in [6.07, 6.45) is 4.79. The molecule has 0 aromatic carbocycles. The number of hydrogen-bond acceptors (Lipinski definition) is 2. The fourth-order valence-corrected chi connectivity index (χ4v) is 2.46. The molecule has 3 atom stereocenters. The van der Waals surface area contributed by atoms with Crippen molar-refractivity contribution in [3.8, 4) is 6.07 Å². The molecule has 1 aliphatic rings. The summed E-state index contributed by atoms with van der Waals surface area (Å²) >= 11 is 0. The van der Waals surface area contributed by atoms with Crippen molar-refractivity contribution in [3.05, 3.63) is 0 Å². The highest BCUT2D eigenvalue weighted by molar-refractivity contribution is 5.04. The molecule has 1 rings (SSSR count). The third kappa shape index (κ3) is 2.22. The van der Waals surface area contributed by atoms with Gasteiger partial charge in [0.25, 0.3) is 0 Å². The van der Waals surface area contributed by atoms with Crippen LogP contribution < -0.4 is 0 Å². The van der Waals surface area contributed by atoms with Gasteiger partial charge in [-0.25, -0.2) is 0 Å². The number of nitrogens with zero attached hydrogens (tertiary/aromatic N) is 1. The normalized spacial score (nSPS) is 36.6. The Morgan fingerprint density at radius 1 is 1.62 bits per heavy atom. The van der Waals surface area contributed by atoms with Crippen molar-refractivity contribution in [2.75, 3.05) is 0 Å². The van der Waals surface area contributed by atoms with E-state index in [1.807, 2.05) is 0 Å². The second kappa shape index (κ2) is 4.11. The quantitative estimate of drug-likeness (QED) is 0.711. The van der Waals surface area contributed by atoms with Gasteiger partial charge < -0.3 is 5.11 Å². The number of aliphatic hydroxyl groups excluding tert-OH is 1. The minimum absolute atomic E-state index is 0.244. The van der Waals surface area contributed by atoms with Gasteiger partial charge in [0.05, 0.1) is 17.6 Å². The van der Waals surface area contributed by atoms with Gasteiger partial charge in [-0.3, -0.25) is 0 Å². The fraction of sp³-hybridized carbons (Fsp3) is 0.909. The van der Waals surface area contributed by atoms with Crippen LogP contribution in [0.1, 0.15) is 46.0 Å². The first kappa shape index (κ1) is 10.5. The van der Waals surface area contributed by atoms with E-state index in [0.717, 1.165) is 19.3 Å². The molecule has 1 aliphatic carbocycles. The Morgan fingerprint density at radius 2 is 2.31 bits per heavy atom. The van der Waals surface area contributed by atoms with Crippen LogP contribution in [-0.2, 0) is 0 Å². The summed E-state index contributed by atoms with van der Waals surface area (Å²) in [6.45, 7) is 3.92. The Bertz CT molecular complexity index is 207. The molecule has 3 unspecified atom stereocenters. The third-order valence-corrected chi connectivity index (χ3v) is 3.34. The van der Waals surface area contributed by atoms with Crippen molar-refractivity contribution >= 4 is 0 Å². The average molecular weight is 181 g/mol. The largest absolute Gasteiger partial charge is 0.393 e. The van der Waals surface area contributed by atoms with Crippen molar-refractivity contribution in [1.82, 2.24) is 0 Å². The highest BCUT2D eigenvalue weighted by Gasteiger charge is 2.39. The monoisotopic (exact) mass is 181 g/mol. The van der Waals surface area contributed by atoms with Crippen LogP contribution in [0, 0.1) is 22.7 Å². The SMILES string of the molecule is CC(O)CC1(C#N)CCCCC1C. The Balaban J connectivity index is 2.72. The molecule has 1 fully saturated rings. The zero-order valence-electron chi connectivity index (χ0n) is 8.58. The summed E-state index contributed by atoms with van der Waals surface area (Å²) in [6, 6.07) is 2.44. The molecule has 0 aliphatic heterocycles. The van der Waals surface area contributed by atoms with Crippen LogP contribution in [0.3, 0.4) is 0 Å². The molecule has 0 saturated heterocycles. The molecule has 0 amide bonds. The minimum atomic E-state index is -0.347. The topological polar surface area (TPSA) is 44.0 Å². The van der Waals surface area contributed by atoms with E-state index in [2.05, 4.69) is 13.0 Å². The van der Waals surface area contributed by atoms with Gasteiger partial charge in [-0.2, -0.15) is 5.26 Å². The lowest BCUT2D eigenvalue weighted by molar-refractivity contribution is 0.0804. The summed E-state index contributed by atoms with van der Waals surface area (Å²) < 4.78 is 0. The summed E-state index contributed by atoms with van der Waals surface area (Å²) in [5.74, 6) is 0.445. The van der Waals surface area contributed by atoms with E-state index in [1.165, 1.54) is 6.42 Å². The zero-order chi connectivity index (χ0) is 9.90. The van der Waals surface area contributed by atoms with E-state index in [4.69, 9.17) is 0 Å². The van der Waals surface area contributed by atoms with Gasteiger partial charge in [0.1, 0.15) is 0 Å². The average Bonchev–Trinajstić information content (AvgIpc) is 2.08. The molecule has 2 nitrogen and oxygen atoms in total. The summed E-state index contributed by atoms with van der Waals surface area (Å²) in [4.78, 5) is 0. The van der Waals surface area contributed by atoms with E-state index in [1.54, 1.807) is 6.92 Å². The van der Waals surface area contributed by atoms with E-state index < -0.39 is 0 Å². The van der Waals surface area contributed by atoms with Crippen molar-refractivity contribution in [2.45, 2.75) is 52.1 Å². The van der Waals surface area contributed by atoms with Crippen LogP contribution in [0.4, 0.5) is 0 Å². The van der Waals surface area contributed by atoms with Crippen molar-refractivity contribution in [1.29, 1.82) is 5.26 Å². The summed E-state index contributed by atoms with van der Waals surface area (Å²) in [5.41, 5.74) is -0.244. The lowest BCUT2D eigenvalue weighted by atomic mass is 9.65. The Morgan fingerprint density at radius 3 is 2.77 bits per heavy atom. The highest BCUT2D eigenvalue weighted by atomic mass is 16.3. The van der Waals surface area contributed by atoms with Crippen LogP contribution in [-0.4, -0.2) is 11.2 Å². The van der Waals surface area contributed by atoms with Gasteiger partial charge >= 0.3 is 0 Å². The number of aliphatic hydroxyl groups is 1. The van der Waals surface area contributed by atoms with Crippen LogP contribution in [0.5, 0.6) is 0 Å². The van der Waals surface area contributed by atoms with Crippen molar-refractivity contribution in [3.63, 3.8) is 0 Å². The standard InChI is InChI=1S/C11H19NO/c1-9-5-3-4-6-11(9,8-12)7-10(2)13/h9-10,13H,3-7H2,1-2H3. The molecule has 0 bridgehead atoms. The molecule has 0 spiro atoms. The summed E-state index contributed by atoms with van der Waals surface area (Å²) in [7, 11) is 0. The maximum Gasteiger partial charge on any atom is 0.0693 e. The predicted octanol–water partition coefficient (Wildman–Crippen LogP) is 2.48. The maximum atomic E-state index is 9.37. The van der Waals surface area contributed by atoms with Crippen molar-refractivity contribution in [2.24, 2.45) is 11.3 Å². The highest BCUT2D eigenvalue weighted by Crippen LogP contribution is 2.43. The molecular weight excluding hydrogens is 162 g/mol. The van der Waals surface area contributed by atoms with Gasteiger partial charge in [-0.05, 0) is 32.1 Å². The van der Waals surface area contributed by atoms with E-state index in [0.29, 0.717) is 12.3 Å². The molecule has 13 heavy (non-hydrogen) atoms. The van der Waals surface area contributed by atoms with E-state index >= 15 is 0 Å². The smallest absolute Gasteiger partial charge is 0.0693 e. The van der Waals surface area contributed by atoms with Crippen LogP contribution in [0.2, 0.25) is 0 Å². The molecule has 0 aromatic rings. The van der Waals surface area contributed by atoms with Gasteiger partial charge in [-0.1, -0.05) is 19.8 Å². The first-order valence-corrected chi connectivity index (χ1v) is 5.20. The molecule has 1 N–H and O–H groups in total. The lowest BCUT2D eigenvalue weighted by Crippen LogP contribution is -2.33. The molecule has 1 saturated carbocycles. The van der Waals surface area contributed by atoms with Gasteiger partial charge in [-0.15, -0.1) is 0 Å². The predicted molar refractivity (Wildman–Crippen MR) is 52.0 cm³/mol. The molecule has 0 heterocycles. The Kier molecular flexibility index (Phi) is 3.33. The Labute approximate surface area is 80.6 Å². The minimum Gasteiger partial charge on any atom is -0.393 e. The van der Waals surface area contributed by atoms with E-state index in [9.17, 15) is 10.4 Å². The Hall–Kier alpha value is -0.550. The second-order valence-corrected chi connectivity index (χ2v) is 4.47.